The van der Waals surface area contributed by atoms with Gasteiger partial charge in [0.05, 0.1) is 31.6 Å². The van der Waals surface area contributed by atoms with Gasteiger partial charge in [-0.15, -0.1) is 0 Å². The van der Waals surface area contributed by atoms with Crippen molar-refractivity contribution in [2.75, 3.05) is 38.2 Å². The first-order valence-electron chi connectivity index (χ1n) is 11.3. The average molecular weight is 446 g/mol. The summed E-state index contributed by atoms with van der Waals surface area (Å²) in [7, 11) is 0. The number of amides is 1. The van der Waals surface area contributed by atoms with E-state index in [0.717, 1.165) is 37.2 Å². The Kier molecular flexibility index (Phi) is 6.51. The van der Waals surface area contributed by atoms with Crippen molar-refractivity contribution in [2.45, 2.75) is 18.9 Å². The molecule has 7 nitrogen and oxygen atoms in total. The molecule has 1 aromatic heterocycles. The standard InChI is InChI=1S/C26H27N3O4/c30-25(18-29-12-14-31-15-13-29)28-21-7-11-26(27-17-21)32-22-8-10-24-20(16-22)6-9-23(33-24)19-4-2-1-3-5-19/h1-5,7-8,10-11,16-17,23H,6,9,12-15,18H2,(H,28,30). The van der Waals surface area contributed by atoms with Crippen LogP contribution in [-0.4, -0.2) is 48.6 Å². The highest BCUT2D eigenvalue weighted by molar-refractivity contribution is 5.92. The average Bonchev–Trinajstić information content (AvgIpc) is 2.86. The van der Waals surface area contributed by atoms with Crippen molar-refractivity contribution >= 4 is 11.6 Å². The molecule has 1 unspecified atom stereocenters. The smallest absolute Gasteiger partial charge is 0.238 e. The van der Waals surface area contributed by atoms with Crippen LogP contribution in [0.2, 0.25) is 0 Å². The summed E-state index contributed by atoms with van der Waals surface area (Å²) in [6.07, 6.45) is 3.54. The predicted octanol–water partition coefficient (Wildman–Crippen LogP) is 4.21. The number of carbonyl (C=O) groups is 1. The number of benzene rings is 2. The van der Waals surface area contributed by atoms with Crippen molar-refractivity contribution in [1.82, 2.24) is 9.88 Å². The van der Waals surface area contributed by atoms with E-state index in [4.69, 9.17) is 14.2 Å². The van der Waals surface area contributed by atoms with Gasteiger partial charge in [-0.1, -0.05) is 30.3 Å². The Balaban J connectivity index is 1.17. The Morgan fingerprint density at radius 3 is 2.73 bits per heavy atom. The Hall–Kier alpha value is -3.42. The number of ether oxygens (including phenoxy) is 3. The number of nitrogens with zero attached hydrogens (tertiary/aromatic N) is 2. The van der Waals surface area contributed by atoms with E-state index in [2.05, 4.69) is 27.3 Å². The first-order valence-corrected chi connectivity index (χ1v) is 11.3. The van der Waals surface area contributed by atoms with E-state index in [-0.39, 0.29) is 12.0 Å². The zero-order valence-electron chi connectivity index (χ0n) is 18.4. The third kappa shape index (κ3) is 5.50. The number of carbonyl (C=O) groups excluding carboxylic acids is 1. The van der Waals surface area contributed by atoms with E-state index in [1.54, 1.807) is 18.3 Å². The van der Waals surface area contributed by atoms with E-state index in [1.807, 2.05) is 36.4 Å². The molecule has 0 aliphatic carbocycles. The number of pyridine rings is 1. The molecule has 2 aromatic carbocycles. The monoisotopic (exact) mass is 445 g/mol. The Labute approximate surface area is 193 Å². The van der Waals surface area contributed by atoms with E-state index in [1.165, 1.54) is 5.56 Å². The maximum absolute atomic E-state index is 12.2. The Morgan fingerprint density at radius 1 is 1.09 bits per heavy atom. The summed E-state index contributed by atoms with van der Waals surface area (Å²) in [4.78, 5) is 18.7. The summed E-state index contributed by atoms with van der Waals surface area (Å²) < 4.78 is 17.5. The Bertz CT molecular complexity index is 1080. The van der Waals surface area contributed by atoms with Crippen LogP contribution in [0.25, 0.3) is 0 Å². The number of rotatable bonds is 6. The third-order valence-corrected chi connectivity index (χ3v) is 5.86. The fourth-order valence-electron chi connectivity index (χ4n) is 4.13. The first kappa shape index (κ1) is 21.4. The van der Waals surface area contributed by atoms with Crippen LogP contribution in [0.15, 0.2) is 66.9 Å². The lowest BCUT2D eigenvalue weighted by molar-refractivity contribution is -0.118. The molecular weight excluding hydrogens is 418 g/mol. The summed E-state index contributed by atoms with van der Waals surface area (Å²) in [6.45, 7) is 3.24. The quantitative estimate of drug-likeness (QED) is 0.613. The molecule has 0 saturated carbocycles. The van der Waals surface area contributed by atoms with E-state index in [0.29, 0.717) is 37.1 Å². The zero-order chi connectivity index (χ0) is 22.5. The van der Waals surface area contributed by atoms with Crippen molar-refractivity contribution in [1.29, 1.82) is 0 Å². The van der Waals surface area contributed by atoms with Crippen LogP contribution in [0.5, 0.6) is 17.4 Å². The molecule has 7 heteroatoms. The molecule has 0 radical (unpaired) electrons. The van der Waals surface area contributed by atoms with Gasteiger partial charge in [0.15, 0.2) is 0 Å². The molecule has 1 fully saturated rings. The molecule has 5 rings (SSSR count). The van der Waals surface area contributed by atoms with Crippen molar-refractivity contribution in [3.05, 3.63) is 78.0 Å². The minimum atomic E-state index is -0.0594. The summed E-state index contributed by atoms with van der Waals surface area (Å²) in [6, 6.07) is 19.7. The molecule has 1 amide bonds. The number of fused-ring (bicyclic) bond motifs is 1. The molecule has 2 aliphatic rings. The largest absolute Gasteiger partial charge is 0.485 e. The van der Waals surface area contributed by atoms with Gasteiger partial charge in [-0.25, -0.2) is 4.98 Å². The van der Waals surface area contributed by atoms with Crippen LogP contribution in [0.1, 0.15) is 23.7 Å². The lowest BCUT2D eigenvalue weighted by Gasteiger charge is -2.26. The van der Waals surface area contributed by atoms with Gasteiger partial charge in [0.2, 0.25) is 11.8 Å². The van der Waals surface area contributed by atoms with Gasteiger partial charge in [0, 0.05) is 19.2 Å². The number of aromatic nitrogens is 1. The van der Waals surface area contributed by atoms with Crippen molar-refractivity contribution in [3.63, 3.8) is 0 Å². The molecule has 3 aromatic rings. The fraction of sp³-hybridized carbons (Fsp3) is 0.308. The van der Waals surface area contributed by atoms with Crippen LogP contribution in [0, 0.1) is 0 Å². The highest BCUT2D eigenvalue weighted by Crippen LogP contribution is 2.37. The number of aryl methyl sites for hydroxylation is 1. The summed E-state index contributed by atoms with van der Waals surface area (Å²) in [5.41, 5.74) is 2.97. The topological polar surface area (TPSA) is 72.9 Å². The third-order valence-electron chi connectivity index (χ3n) is 5.86. The van der Waals surface area contributed by atoms with Crippen LogP contribution in [0.4, 0.5) is 5.69 Å². The Morgan fingerprint density at radius 2 is 1.94 bits per heavy atom. The summed E-state index contributed by atoms with van der Waals surface area (Å²) in [5.74, 6) is 2.02. The molecule has 3 heterocycles. The highest BCUT2D eigenvalue weighted by atomic mass is 16.5. The molecule has 1 saturated heterocycles. The van der Waals surface area contributed by atoms with Crippen molar-refractivity contribution in [3.8, 4) is 17.4 Å². The number of hydrogen-bond acceptors (Lipinski definition) is 6. The van der Waals surface area contributed by atoms with Gasteiger partial charge in [-0.3, -0.25) is 9.69 Å². The normalized spacial score (nSPS) is 18.1. The first-order chi connectivity index (χ1) is 16.2. The lowest BCUT2D eigenvalue weighted by Crippen LogP contribution is -2.41. The SMILES string of the molecule is O=C(CN1CCOCC1)Nc1ccc(Oc2ccc3c(c2)CCC(c2ccccc2)O3)nc1. The van der Waals surface area contributed by atoms with Gasteiger partial charge in [-0.2, -0.15) is 0 Å². The van der Waals surface area contributed by atoms with Crippen molar-refractivity contribution < 1.29 is 19.0 Å². The molecular formula is C26H27N3O4. The second-order valence-corrected chi connectivity index (χ2v) is 8.25. The second-order valence-electron chi connectivity index (χ2n) is 8.25. The van der Waals surface area contributed by atoms with E-state index in [9.17, 15) is 4.79 Å². The van der Waals surface area contributed by atoms with E-state index >= 15 is 0 Å². The summed E-state index contributed by atoms with van der Waals surface area (Å²) >= 11 is 0. The van der Waals surface area contributed by atoms with Gasteiger partial charge in [0.1, 0.15) is 17.6 Å². The second kappa shape index (κ2) is 10.0. The van der Waals surface area contributed by atoms with Crippen LogP contribution in [-0.2, 0) is 16.0 Å². The van der Waals surface area contributed by atoms with E-state index < -0.39 is 0 Å². The maximum atomic E-state index is 12.2. The van der Waals surface area contributed by atoms with Crippen molar-refractivity contribution in [2.24, 2.45) is 0 Å². The van der Waals surface area contributed by atoms with Gasteiger partial charge in [-0.05, 0) is 48.2 Å². The van der Waals surface area contributed by atoms with Gasteiger partial charge < -0.3 is 19.5 Å². The number of morpholine rings is 1. The molecule has 0 spiro atoms. The van der Waals surface area contributed by atoms with Crippen LogP contribution < -0.4 is 14.8 Å². The molecule has 1 N–H and O–H groups in total. The fourth-order valence-corrected chi connectivity index (χ4v) is 4.13. The summed E-state index contributed by atoms with van der Waals surface area (Å²) in [5, 5.41) is 2.88. The van der Waals surface area contributed by atoms with Gasteiger partial charge >= 0.3 is 0 Å². The van der Waals surface area contributed by atoms with Crippen LogP contribution >= 0.6 is 0 Å². The molecule has 2 aliphatic heterocycles. The molecule has 0 bridgehead atoms. The number of nitrogens with one attached hydrogen (secondary N) is 1. The van der Waals surface area contributed by atoms with Gasteiger partial charge in [0.25, 0.3) is 0 Å². The minimum Gasteiger partial charge on any atom is -0.485 e. The molecule has 33 heavy (non-hydrogen) atoms. The molecule has 170 valence electrons. The number of anilines is 1. The maximum Gasteiger partial charge on any atom is 0.238 e. The highest BCUT2D eigenvalue weighted by Gasteiger charge is 2.21. The zero-order valence-corrected chi connectivity index (χ0v) is 18.4. The lowest BCUT2D eigenvalue weighted by atomic mass is 9.97. The van der Waals surface area contributed by atoms with Crippen LogP contribution in [0.3, 0.4) is 0 Å². The predicted molar refractivity (Wildman–Crippen MR) is 125 cm³/mol. The molecule has 1 atom stereocenters. The number of hydrogen-bond donors (Lipinski definition) is 1. The minimum absolute atomic E-state index is 0.0594.